The van der Waals surface area contributed by atoms with Crippen LogP contribution in [0.1, 0.15) is 5.56 Å². The van der Waals surface area contributed by atoms with Gasteiger partial charge in [-0.2, -0.15) is 8.42 Å². The molecular formula is C21H17FN2O5S2. The summed E-state index contributed by atoms with van der Waals surface area (Å²) in [7, 11) is -8.36. The molecule has 0 radical (unpaired) electrons. The highest BCUT2D eigenvalue weighted by molar-refractivity contribution is 7.93. The molecule has 0 bridgehead atoms. The number of para-hydroxylation sites is 1. The maximum atomic E-state index is 13.9. The van der Waals surface area contributed by atoms with Gasteiger partial charge >= 0.3 is 0 Å². The number of fused-ring (bicyclic) bond motifs is 1. The predicted molar refractivity (Wildman–Crippen MR) is 115 cm³/mol. The number of sulfone groups is 1. The van der Waals surface area contributed by atoms with Crippen molar-refractivity contribution in [2.24, 2.45) is 0 Å². The molecule has 0 saturated carbocycles. The third-order valence-corrected chi connectivity index (χ3v) is 7.46. The number of nitrogen functional groups attached to an aromatic ring is 1. The summed E-state index contributed by atoms with van der Waals surface area (Å²) >= 11 is 0. The van der Waals surface area contributed by atoms with Crippen molar-refractivity contribution in [3.8, 4) is 0 Å². The van der Waals surface area contributed by atoms with E-state index in [4.69, 9.17) is 10.2 Å². The molecule has 10 heteroatoms. The number of hydrogen-bond donors (Lipinski definition) is 2. The molecular weight excluding hydrogens is 443 g/mol. The number of nitrogens with one attached hydrogen (secondary N) is 1. The summed E-state index contributed by atoms with van der Waals surface area (Å²) in [5.74, 6) is -1.24. The van der Waals surface area contributed by atoms with Crippen molar-refractivity contribution in [2.75, 3.05) is 10.5 Å². The van der Waals surface area contributed by atoms with Crippen LogP contribution in [0.4, 0.5) is 15.8 Å². The van der Waals surface area contributed by atoms with Crippen LogP contribution in [0.25, 0.3) is 11.0 Å². The Balaban J connectivity index is 1.72. The minimum atomic E-state index is -4.32. The van der Waals surface area contributed by atoms with Crippen LogP contribution >= 0.6 is 0 Å². The van der Waals surface area contributed by atoms with Gasteiger partial charge in [0.15, 0.2) is 9.84 Å². The minimum Gasteiger partial charge on any atom is -0.443 e. The topological polar surface area (TPSA) is 119 Å². The van der Waals surface area contributed by atoms with Gasteiger partial charge in [0, 0.05) is 17.1 Å². The van der Waals surface area contributed by atoms with Gasteiger partial charge in [0.05, 0.1) is 16.3 Å². The lowest BCUT2D eigenvalue weighted by Crippen LogP contribution is -2.16. The molecule has 0 spiro atoms. The fraction of sp³-hybridized carbons (Fsp3) is 0.0476. The molecule has 0 aliphatic carbocycles. The van der Waals surface area contributed by atoms with E-state index >= 15 is 0 Å². The fourth-order valence-electron chi connectivity index (χ4n) is 3.12. The summed E-state index contributed by atoms with van der Waals surface area (Å²) in [6.45, 7) is 0. The zero-order chi connectivity index (χ0) is 22.2. The maximum absolute atomic E-state index is 13.9. The first kappa shape index (κ1) is 20.9. The van der Waals surface area contributed by atoms with Crippen LogP contribution in [0.2, 0.25) is 0 Å². The predicted octanol–water partition coefficient (Wildman–Crippen LogP) is 3.93. The largest absolute Gasteiger partial charge is 0.443 e. The van der Waals surface area contributed by atoms with Crippen molar-refractivity contribution in [2.45, 2.75) is 15.7 Å². The molecule has 3 N–H and O–H groups in total. The Morgan fingerprint density at radius 2 is 1.68 bits per heavy atom. The van der Waals surface area contributed by atoms with Crippen LogP contribution < -0.4 is 10.5 Å². The molecule has 0 aliphatic rings. The molecule has 0 aliphatic heterocycles. The molecule has 0 fully saturated rings. The highest BCUT2D eigenvalue weighted by Crippen LogP contribution is 2.30. The van der Waals surface area contributed by atoms with Crippen molar-refractivity contribution >= 4 is 42.2 Å². The van der Waals surface area contributed by atoms with Gasteiger partial charge in [-0.05, 0) is 42.0 Å². The molecule has 4 aromatic rings. The summed E-state index contributed by atoms with van der Waals surface area (Å²) < 4.78 is 73.0. The van der Waals surface area contributed by atoms with Crippen LogP contribution in [-0.4, -0.2) is 16.8 Å². The first-order valence-electron chi connectivity index (χ1n) is 9.02. The minimum absolute atomic E-state index is 0.344. The molecule has 0 amide bonds. The number of halogens is 1. The molecule has 7 nitrogen and oxygen atoms in total. The van der Waals surface area contributed by atoms with E-state index in [0.717, 1.165) is 18.2 Å². The third kappa shape index (κ3) is 4.39. The highest BCUT2D eigenvalue weighted by atomic mass is 32.2. The number of nitrogens with two attached hydrogens (primary N) is 1. The van der Waals surface area contributed by atoms with Gasteiger partial charge < -0.3 is 10.2 Å². The number of benzene rings is 3. The molecule has 31 heavy (non-hydrogen) atoms. The van der Waals surface area contributed by atoms with Crippen molar-refractivity contribution in [1.29, 1.82) is 0 Å². The van der Waals surface area contributed by atoms with E-state index in [9.17, 15) is 21.2 Å². The molecule has 4 rings (SSSR count). The highest BCUT2D eigenvalue weighted by Gasteiger charge is 2.26. The second-order valence-corrected chi connectivity index (χ2v) is 10.4. The average molecular weight is 461 g/mol. The molecule has 1 heterocycles. The Labute approximate surface area is 178 Å². The van der Waals surface area contributed by atoms with E-state index in [1.807, 2.05) is 0 Å². The van der Waals surface area contributed by atoms with Crippen LogP contribution in [0, 0.1) is 5.82 Å². The van der Waals surface area contributed by atoms with Crippen molar-refractivity contribution < 1.29 is 25.6 Å². The van der Waals surface area contributed by atoms with E-state index in [-0.39, 0.29) is 4.90 Å². The van der Waals surface area contributed by atoms with Gasteiger partial charge in [-0.15, -0.1) is 0 Å². The number of anilines is 2. The average Bonchev–Trinajstić information content (AvgIpc) is 3.12. The first-order valence-corrected chi connectivity index (χ1v) is 12.2. The standard InChI is InChI=1S/C21H17FN2O5S2/c22-16-8-9-20(30(25,26)13-14-4-3-6-17(23)10-14)18(12-16)24-31(27,28)21-11-15-5-1-2-7-19(15)29-21/h1-12,24H,13,23H2. The summed E-state index contributed by atoms with van der Waals surface area (Å²) in [6, 6.07) is 17.0. The normalized spacial score (nSPS) is 12.2. The van der Waals surface area contributed by atoms with Gasteiger partial charge in [0.1, 0.15) is 11.4 Å². The van der Waals surface area contributed by atoms with E-state index in [0.29, 0.717) is 22.2 Å². The summed E-state index contributed by atoms with van der Waals surface area (Å²) in [5, 5.41) is 0.133. The van der Waals surface area contributed by atoms with Gasteiger partial charge in [-0.1, -0.05) is 30.3 Å². The van der Waals surface area contributed by atoms with Gasteiger partial charge in [0.2, 0.25) is 5.09 Å². The van der Waals surface area contributed by atoms with E-state index in [1.165, 1.54) is 12.1 Å². The van der Waals surface area contributed by atoms with Crippen molar-refractivity contribution in [1.82, 2.24) is 0 Å². The lowest BCUT2D eigenvalue weighted by Gasteiger charge is -2.13. The fourth-order valence-corrected chi connectivity index (χ4v) is 5.72. The Morgan fingerprint density at radius 1 is 0.903 bits per heavy atom. The Hall–Kier alpha value is -3.37. The van der Waals surface area contributed by atoms with Gasteiger partial charge in [0.25, 0.3) is 10.0 Å². The van der Waals surface area contributed by atoms with E-state index in [1.54, 1.807) is 42.5 Å². The van der Waals surface area contributed by atoms with Crippen LogP contribution in [0.3, 0.4) is 0 Å². The molecule has 1 aromatic heterocycles. The molecule has 3 aromatic carbocycles. The monoisotopic (exact) mass is 460 g/mol. The molecule has 0 unspecified atom stereocenters. The Bertz CT molecular complexity index is 1460. The van der Waals surface area contributed by atoms with Crippen LogP contribution in [-0.2, 0) is 25.6 Å². The third-order valence-electron chi connectivity index (χ3n) is 4.50. The summed E-state index contributed by atoms with van der Waals surface area (Å²) in [5.41, 5.74) is 6.43. The first-order chi connectivity index (χ1) is 14.6. The van der Waals surface area contributed by atoms with Crippen LogP contribution in [0.15, 0.2) is 87.2 Å². The molecule has 0 atom stereocenters. The van der Waals surface area contributed by atoms with Crippen molar-refractivity contribution in [3.05, 3.63) is 84.2 Å². The van der Waals surface area contributed by atoms with E-state index in [2.05, 4.69) is 4.72 Å². The smallest absolute Gasteiger partial charge is 0.295 e. The Morgan fingerprint density at radius 3 is 2.42 bits per heavy atom. The van der Waals surface area contributed by atoms with E-state index < -0.39 is 42.2 Å². The quantitative estimate of drug-likeness (QED) is 0.332. The summed E-state index contributed by atoms with van der Waals surface area (Å²) in [6.07, 6.45) is 0. The lowest BCUT2D eigenvalue weighted by molar-refractivity contribution is 0.484. The lowest BCUT2D eigenvalue weighted by atomic mass is 10.2. The second-order valence-electron chi connectivity index (χ2n) is 6.85. The number of rotatable bonds is 6. The SMILES string of the molecule is Nc1cccc(CS(=O)(=O)c2ccc(F)cc2NS(=O)(=O)c2cc3ccccc3o2)c1. The second kappa shape index (κ2) is 7.71. The number of furan rings is 1. The molecule has 160 valence electrons. The van der Waals surface area contributed by atoms with Gasteiger partial charge in [-0.25, -0.2) is 12.8 Å². The van der Waals surface area contributed by atoms with Crippen molar-refractivity contribution in [3.63, 3.8) is 0 Å². The summed E-state index contributed by atoms with van der Waals surface area (Å²) in [4.78, 5) is -0.365. The molecule has 0 saturated heterocycles. The van der Waals surface area contributed by atoms with Crippen LogP contribution in [0.5, 0.6) is 0 Å². The number of sulfonamides is 1. The maximum Gasteiger partial charge on any atom is 0.295 e. The zero-order valence-electron chi connectivity index (χ0n) is 15.9. The number of hydrogen-bond acceptors (Lipinski definition) is 6. The Kier molecular flexibility index (Phi) is 5.19. The van der Waals surface area contributed by atoms with Gasteiger partial charge in [-0.3, -0.25) is 4.72 Å². The zero-order valence-corrected chi connectivity index (χ0v) is 17.6.